The molecule has 9 heteroatoms. The van der Waals surface area contributed by atoms with Gasteiger partial charge in [0, 0.05) is 25.6 Å². The van der Waals surface area contributed by atoms with Gasteiger partial charge in [0.25, 0.3) is 0 Å². The summed E-state index contributed by atoms with van der Waals surface area (Å²) in [5.74, 6) is 0.255. The number of aryl methyl sites for hydroxylation is 1. The Bertz CT molecular complexity index is 918. The van der Waals surface area contributed by atoms with E-state index in [2.05, 4.69) is 23.9 Å². The summed E-state index contributed by atoms with van der Waals surface area (Å²) in [7, 11) is -3.53. The van der Waals surface area contributed by atoms with Crippen molar-refractivity contribution in [2.75, 3.05) is 32.8 Å². The topological polar surface area (TPSA) is 105 Å². The number of amides is 2. The summed E-state index contributed by atoms with van der Waals surface area (Å²) < 4.78 is 33.2. The highest BCUT2D eigenvalue weighted by Crippen LogP contribution is 2.29. The molecular weight excluding hydrogens is 454 g/mol. The zero-order valence-electron chi connectivity index (χ0n) is 20.6. The third-order valence-electron chi connectivity index (χ3n) is 6.76. The van der Waals surface area contributed by atoms with Crippen LogP contribution in [0.5, 0.6) is 0 Å². The Kier molecular flexibility index (Phi) is 9.50. The van der Waals surface area contributed by atoms with Gasteiger partial charge in [-0.1, -0.05) is 31.5 Å². The van der Waals surface area contributed by atoms with E-state index in [0.29, 0.717) is 52.1 Å². The van der Waals surface area contributed by atoms with E-state index >= 15 is 0 Å². The predicted octanol–water partition coefficient (Wildman–Crippen LogP) is 2.47. The number of nitrogens with zero attached hydrogens (tertiary/aromatic N) is 1. The maximum Gasteiger partial charge on any atom is 0.245 e. The molecule has 2 N–H and O–H groups in total. The van der Waals surface area contributed by atoms with Crippen molar-refractivity contribution in [2.24, 2.45) is 17.8 Å². The zero-order valence-corrected chi connectivity index (χ0v) is 21.4. The van der Waals surface area contributed by atoms with Crippen molar-refractivity contribution in [3.05, 3.63) is 29.8 Å². The van der Waals surface area contributed by atoms with Gasteiger partial charge in [-0.15, -0.1) is 0 Å². The molecule has 3 rings (SSSR count). The second kappa shape index (κ2) is 12.1. The summed E-state index contributed by atoms with van der Waals surface area (Å²) in [6.07, 6.45) is 3.56. The van der Waals surface area contributed by atoms with Crippen LogP contribution in [0.25, 0.3) is 0 Å². The lowest BCUT2D eigenvalue weighted by Crippen LogP contribution is -2.53. The number of ether oxygens (including phenoxy) is 1. The molecule has 0 bridgehead atoms. The number of hydrogen-bond acceptors (Lipinski definition) is 5. The maximum absolute atomic E-state index is 13.0. The van der Waals surface area contributed by atoms with E-state index < -0.39 is 16.1 Å². The fourth-order valence-corrected chi connectivity index (χ4v) is 5.76. The van der Waals surface area contributed by atoms with Crippen LogP contribution in [0.2, 0.25) is 0 Å². The Morgan fingerprint density at radius 3 is 2.26 bits per heavy atom. The number of benzene rings is 1. The fraction of sp³-hybridized carbons (Fsp3) is 0.680. The van der Waals surface area contributed by atoms with Crippen LogP contribution in [0.3, 0.4) is 0 Å². The zero-order chi connectivity index (χ0) is 24.7. The van der Waals surface area contributed by atoms with E-state index in [4.69, 9.17) is 4.74 Å². The Morgan fingerprint density at radius 2 is 1.68 bits per heavy atom. The van der Waals surface area contributed by atoms with Crippen molar-refractivity contribution >= 4 is 21.8 Å². The Morgan fingerprint density at radius 1 is 1.06 bits per heavy atom. The van der Waals surface area contributed by atoms with Crippen molar-refractivity contribution in [2.45, 2.75) is 63.8 Å². The van der Waals surface area contributed by atoms with Crippen molar-refractivity contribution in [1.29, 1.82) is 0 Å². The van der Waals surface area contributed by atoms with Crippen LogP contribution in [0.1, 0.15) is 51.5 Å². The van der Waals surface area contributed by atoms with E-state index in [1.54, 1.807) is 29.2 Å². The van der Waals surface area contributed by atoms with Crippen LogP contribution in [0.15, 0.2) is 29.2 Å². The second-order valence-corrected chi connectivity index (χ2v) is 11.8. The molecule has 0 spiro atoms. The predicted molar refractivity (Wildman–Crippen MR) is 131 cm³/mol. The summed E-state index contributed by atoms with van der Waals surface area (Å²) in [6, 6.07) is 6.29. The van der Waals surface area contributed by atoms with Gasteiger partial charge in [-0.2, -0.15) is 0 Å². The molecule has 2 fully saturated rings. The normalized spacial score (nSPS) is 22.4. The van der Waals surface area contributed by atoms with Crippen molar-refractivity contribution in [3.8, 4) is 0 Å². The molecule has 1 saturated heterocycles. The Balaban J connectivity index is 1.48. The molecule has 1 aromatic carbocycles. The highest BCUT2D eigenvalue weighted by atomic mass is 32.2. The molecule has 2 aliphatic rings. The number of morpholine rings is 1. The van der Waals surface area contributed by atoms with Gasteiger partial charge in [-0.25, -0.2) is 13.1 Å². The Hall–Kier alpha value is -1.97. The molecule has 1 heterocycles. The van der Waals surface area contributed by atoms with Crippen molar-refractivity contribution in [1.82, 2.24) is 14.9 Å². The smallest absolute Gasteiger partial charge is 0.245 e. The number of hydrogen-bond donors (Lipinski definition) is 2. The molecule has 0 radical (unpaired) electrons. The minimum Gasteiger partial charge on any atom is -0.378 e. The molecule has 1 aliphatic carbocycles. The first-order valence-corrected chi connectivity index (χ1v) is 13.9. The molecule has 0 unspecified atom stereocenters. The monoisotopic (exact) mass is 493 g/mol. The van der Waals surface area contributed by atoms with Gasteiger partial charge in [0.15, 0.2) is 0 Å². The molecule has 1 atom stereocenters. The lowest BCUT2D eigenvalue weighted by Gasteiger charge is -2.33. The third kappa shape index (κ3) is 7.52. The standard InChI is InChI=1S/C25H39N3O5S/c1-18(2)16-23(25(30)28-12-14-33-15-13-28)27-24(29)21-8-6-20(7-9-21)17-26-34(31,32)22-10-4-19(3)5-11-22/h4-5,10-11,18,20-21,23,26H,6-9,12-17H2,1-3H3,(H,27,29)/t20?,21?,23-/m0/s1. The van der Waals surface area contributed by atoms with E-state index in [-0.39, 0.29) is 34.5 Å². The second-order valence-electron chi connectivity index (χ2n) is 10.0. The quantitative estimate of drug-likeness (QED) is 0.550. The SMILES string of the molecule is Cc1ccc(S(=O)(=O)NCC2CCC(C(=O)N[C@@H](CC(C)C)C(=O)N3CCOCC3)CC2)cc1. The van der Waals surface area contributed by atoms with Crippen LogP contribution in [-0.2, 0) is 24.3 Å². The number of carbonyl (C=O) groups is 2. The molecular formula is C25H39N3O5S. The number of carbonyl (C=O) groups excluding carboxylic acids is 2. The highest BCUT2D eigenvalue weighted by Gasteiger charge is 2.32. The summed E-state index contributed by atoms with van der Waals surface area (Å²) in [4.78, 5) is 28.1. The van der Waals surface area contributed by atoms with E-state index in [1.165, 1.54) is 0 Å². The van der Waals surface area contributed by atoms with Gasteiger partial charge >= 0.3 is 0 Å². The van der Waals surface area contributed by atoms with Crippen molar-refractivity contribution in [3.63, 3.8) is 0 Å². The summed E-state index contributed by atoms with van der Waals surface area (Å²) >= 11 is 0. The first kappa shape index (κ1) is 26.6. The average Bonchev–Trinajstić information content (AvgIpc) is 2.83. The number of nitrogens with one attached hydrogen (secondary N) is 2. The largest absolute Gasteiger partial charge is 0.378 e. The average molecular weight is 494 g/mol. The fourth-order valence-electron chi connectivity index (χ4n) is 4.64. The lowest BCUT2D eigenvalue weighted by molar-refractivity contribution is -0.141. The van der Waals surface area contributed by atoms with Gasteiger partial charge in [0.05, 0.1) is 18.1 Å². The van der Waals surface area contributed by atoms with Gasteiger partial charge in [0.1, 0.15) is 6.04 Å². The van der Waals surface area contributed by atoms with Crippen LogP contribution in [0.4, 0.5) is 0 Å². The molecule has 8 nitrogen and oxygen atoms in total. The maximum atomic E-state index is 13.0. The van der Waals surface area contributed by atoms with Gasteiger partial charge in [-0.05, 0) is 63.0 Å². The van der Waals surface area contributed by atoms with Crippen LogP contribution < -0.4 is 10.0 Å². The van der Waals surface area contributed by atoms with Crippen LogP contribution >= 0.6 is 0 Å². The van der Waals surface area contributed by atoms with Gasteiger partial charge in [-0.3, -0.25) is 9.59 Å². The summed E-state index contributed by atoms with van der Waals surface area (Å²) in [5.41, 5.74) is 1.01. The first-order chi connectivity index (χ1) is 16.2. The number of rotatable bonds is 9. The summed E-state index contributed by atoms with van der Waals surface area (Å²) in [5, 5.41) is 3.03. The van der Waals surface area contributed by atoms with E-state index in [9.17, 15) is 18.0 Å². The highest BCUT2D eigenvalue weighted by molar-refractivity contribution is 7.89. The molecule has 0 aromatic heterocycles. The minimum atomic E-state index is -3.53. The Labute approximate surface area is 203 Å². The van der Waals surface area contributed by atoms with E-state index in [1.807, 2.05) is 6.92 Å². The number of sulfonamides is 1. The lowest BCUT2D eigenvalue weighted by atomic mass is 9.81. The molecule has 190 valence electrons. The van der Waals surface area contributed by atoms with Crippen molar-refractivity contribution < 1.29 is 22.7 Å². The molecule has 2 amide bonds. The van der Waals surface area contributed by atoms with Gasteiger partial charge < -0.3 is 15.0 Å². The molecule has 34 heavy (non-hydrogen) atoms. The molecule has 1 aliphatic heterocycles. The first-order valence-electron chi connectivity index (χ1n) is 12.4. The summed E-state index contributed by atoms with van der Waals surface area (Å²) in [6.45, 7) is 8.58. The van der Waals surface area contributed by atoms with Gasteiger partial charge in [0.2, 0.25) is 21.8 Å². The minimum absolute atomic E-state index is 0.0236. The van der Waals surface area contributed by atoms with E-state index in [0.717, 1.165) is 18.4 Å². The molecule has 1 saturated carbocycles. The third-order valence-corrected chi connectivity index (χ3v) is 8.19. The van der Waals surface area contributed by atoms with Crippen LogP contribution in [-0.4, -0.2) is 64.0 Å². The van der Waals surface area contributed by atoms with Crippen LogP contribution in [0, 0.1) is 24.7 Å². The molecule has 1 aromatic rings.